The fourth-order valence-corrected chi connectivity index (χ4v) is 4.27. The van der Waals surface area contributed by atoms with Crippen LogP contribution in [0.2, 0.25) is 0 Å². The monoisotopic (exact) mass is 280 g/mol. The van der Waals surface area contributed by atoms with Crippen molar-refractivity contribution >= 4 is 0 Å². The van der Waals surface area contributed by atoms with Gasteiger partial charge in [0.25, 0.3) is 0 Å². The minimum absolute atomic E-state index is 0.589. The fourth-order valence-electron chi connectivity index (χ4n) is 4.27. The van der Waals surface area contributed by atoms with Gasteiger partial charge in [0.05, 0.1) is 6.10 Å². The van der Waals surface area contributed by atoms with Gasteiger partial charge >= 0.3 is 0 Å². The Morgan fingerprint density at radius 1 is 0.700 bits per heavy atom. The highest BCUT2D eigenvalue weighted by atomic mass is 16.5. The molecule has 0 aromatic heterocycles. The maximum atomic E-state index is 5.90. The van der Waals surface area contributed by atoms with Gasteiger partial charge in [0, 0.05) is 6.61 Å². The first-order valence-electron chi connectivity index (χ1n) is 9.43. The highest BCUT2D eigenvalue weighted by Crippen LogP contribution is 2.36. The van der Waals surface area contributed by atoms with Gasteiger partial charge in [-0.1, -0.05) is 58.8 Å². The summed E-state index contributed by atoms with van der Waals surface area (Å²) >= 11 is 0. The molecule has 0 radical (unpaired) electrons. The maximum Gasteiger partial charge on any atom is 0.0575 e. The summed E-state index contributed by atoms with van der Waals surface area (Å²) in [5.41, 5.74) is 0. The van der Waals surface area contributed by atoms with E-state index in [1.54, 1.807) is 0 Å². The predicted molar refractivity (Wildman–Crippen MR) is 87.0 cm³/mol. The summed E-state index contributed by atoms with van der Waals surface area (Å²) in [6.45, 7) is 5.54. The minimum Gasteiger partial charge on any atom is -0.378 e. The summed E-state index contributed by atoms with van der Waals surface area (Å²) < 4.78 is 5.90. The predicted octanol–water partition coefficient (Wildman–Crippen LogP) is 5.97. The first kappa shape index (κ1) is 16.3. The summed E-state index contributed by atoms with van der Waals surface area (Å²) in [6, 6.07) is 0. The van der Waals surface area contributed by atoms with Gasteiger partial charge in [0.1, 0.15) is 0 Å². The van der Waals surface area contributed by atoms with Crippen molar-refractivity contribution in [2.24, 2.45) is 17.8 Å². The molecule has 0 heterocycles. The van der Waals surface area contributed by atoms with Crippen molar-refractivity contribution < 1.29 is 4.74 Å². The van der Waals surface area contributed by atoms with Crippen LogP contribution in [0.3, 0.4) is 0 Å². The van der Waals surface area contributed by atoms with Crippen LogP contribution in [0.25, 0.3) is 0 Å². The van der Waals surface area contributed by atoms with E-state index in [4.69, 9.17) is 4.74 Å². The third kappa shape index (κ3) is 5.39. The number of hydrogen-bond donors (Lipinski definition) is 0. The molecule has 0 aliphatic heterocycles. The van der Waals surface area contributed by atoms with Gasteiger partial charge in [-0.3, -0.25) is 0 Å². The Labute approximate surface area is 126 Å². The lowest BCUT2D eigenvalue weighted by Crippen LogP contribution is -2.23. The molecule has 2 aliphatic rings. The van der Waals surface area contributed by atoms with Crippen molar-refractivity contribution in [3.63, 3.8) is 0 Å². The van der Waals surface area contributed by atoms with E-state index >= 15 is 0 Å². The largest absolute Gasteiger partial charge is 0.378 e. The molecule has 1 nitrogen and oxygen atoms in total. The molecule has 20 heavy (non-hydrogen) atoms. The van der Waals surface area contributed by atoms with Crippen molar-refractivity contribution in [3.8, 4) is 0 Å². The summed E-state index contributed by atoms with van der Waals surface area (Å²) in [5.74, 6) is 3.13. The molecular weight excluding hydrogens is 244 g/mol. The molecule has 2 saturated carbocycles. The van der Waals surface area contributed by atoms with Crippen LogP contribution in [0.5, 0.6) is 0 Å². The van der Waals surface area contributed by atoms with Crippen molar-refractivity contribution in [3.05, 3.63) is 0 Å². The molecule has 2 fully saturated rings. The van der Waals surface area contributed by atoms with Gasteiger partial charge in [-0.2, -0.15) is 0 Å². The van der Waals surface area contributed by atoms with Crippen LogP contribution >= 0.6 is 0 Å². The first-order valence-corrected chi connectivity index (χ1v) is 9.43. The fraction of sp³-hybridized carbons (Fsp3) is 1.00. The zero-order valence-corrected chi connectivity index (χ0v) is 13.9. The molecule has 0 amide bonds. The number of ether oxygens (including phenoxy) is 1. The van der Waals surface area contributed by atoms with E-state index in [1.165, 1.54) is 77.0 Å². The lowest BCUT2D eigenvalue weighted by atomic mass is 9.76. The summed E-state index contributed by atoms with van der Waals surface area (Å²) in [6.07, 6.45) is 17.8. The molecule has 2 rings (SSSR count). The summed E-state index contributed by atoms with van der Waals surface area (Å²) in [5, 5.41) is 0. The van der Waals surface area contributed by atoms with Crippen LogP contribution in [0.4, 0.5) is 0 Å². The van der Waals surface area contributed by atoms with Gasteiger partial charge in [-0.05, 0) is 49.9 Å². The van der Waals surface area contributed by atoms with Crippen molar-refractivity contribution in [2.75, 3.05) is 6.61 Å². The van der Waals surface area contributed by atoms with E-state index in [1.807, 2.05) is 0 Å². The normalized spacial score (nSPS) is 35.1. The second kappa shape index (κ2) is 9.07. The second-order valence-electron chi connectivity index (χ2n) is 7.39. The molecular formula is C19H36O. The Morgan fingerprint density at radius 3 is 1.70 bits per heavy atom. The minimum atomic E-state index is 0.589. The number of hydrogen-bond acceptors (Lipinski definition) is 1. The molecule has 0 bridgehead atoms. The highest BCUT2D eigenvalue weighted by molar-refractivity contribution is 4.76. The molecule has 0 atom stereocenters. The molecule has 0 aromatic carbocycles. The third-order valence-corrected chi connectivity index (χ3v) is 5.88. The molecule has 0 unspecified atom stereocenters. The van der Waals surface area contributed by atoms with E-state index in [0.29, 0.717) is 6.10 Å². The molecule has 118 valence electrons. The van der Waals surface area contributed by atoms with Crippen LogP contribution in [-0.2, 0) is 4.74 Å². The quantitative estimate of drug-likeness (QED) is 0.558. The Kier molecular flexibility index (Phi) is 7.41. The lowest BCUT2D eigenvalue weighted by molar-refractivity contribution is 0.0168. The van der Waals surface area contributed by atoms with E-state index in [9.17, 15) is 0 Å². The SMILES string of the molecule is CCCOC1CCC(CCC2CCC(CC)CC2)CC1. The summed E-state index contributed by atoms with van der Waals surface area (Å²) in [7, 11) is 0. The van der Waals surface area contributed by atoms with Gasteiger partial charge in [0.2, 0.25) is 0 Å². The van der Waals surface area contributed by atoms with E-state index in [2.05, 4.69) is 13.8 Å². The summed E-state index contributed by atoms with van der Waals surface area (Å²) in [4.78, 5) is 0. The maximum absolute atomic E-state index is 5.90. The third-order valence-electron chi connectivity index (χ3n) is 5.88. The standard InChI is InChI=1S/C19H36O/c1-3-15-20-19-13-11-18(12-14-19)10-9-17-7-5-16(4-2)6-8-17/h16-19H,3-15H2,1-2H3. The van der Waals surface area contributed by atoms with Crippen LogP contribution in [-0.4, -0.2) is 12.7 Å². The Balaban J connectivity index is 1.55. The van der Waals surface area contributed by atoms with E-state index in [-0.39, 0.29) is 0 Å². The molecule has 0 aromatic rings. The molecule has 1 heteroatoms. The van der Waals surface area contributed by atoms with Gasteiger partial charge in [-0.25, -0.2) is 0 Å². The lowest BCUT2D eigenvalue weighted by Gasteiger charge is -2.31. The van der Waals surface area contributed by atoms with Crippen molar-refractivity contribution in [2.45, 2.75) is 97.0 Å². The van der Waals surface area contributed by atoms with E-state index in [0.717, 1.165) is 24.4 Å². The van der Waals surface area contributed by atoms with Gasteiger partial charge in [-0.15, -0.1) is 0 Å². The average molecular weight is 280 g/mol. The number of rotatable bonds is 7. The molecule has 2 aliphatic carbocycles. The van der Waals surface area contributed by atoms with Crippen LogP contribution in [0.15, 0.2) is 0 Å². The average Bonchev–Trinajstić information content (AvgIpc) is 2.52. The second-order valence-corrected chi connectivity index (χ2v) is 7.39. The highest BCUT2D eigenvalue weighted by Gasteiger charge is 2.24. The van der Waals surface area contributed by atoms with Crippen molar-refractivity contribution in [1.82, 2.24) is 0 Å². The molecule has 0 spiro atoms. The Hall–Kier alpha value is -0.0400. The Bertz CT molecular complexity index is 234. The van der Waals surface area contributed by atoms with Gasteiger partial charge < -0.3 is 4.74 Å². The zero-order chi connectivity index (χ0) is 14.2. The van der Waals surface area contributed by atoms with Crippen LogP contribution in [0, 0.1) is 17.8 Å². The Morgan fingerprint density at radius 2 is 1.20 bits per heavy atom. The van der Waals surface area contributed by atoms with Gasteiger partial charge in [0.15, 0.2) is 0 Å². The van der Waals surface area contributed by atoms with Crippen LogP contribution in [0.1, 0.15) is 90.9 Å². The smallest absolute Gasteiger partial charge is 0.0575 e. The van der Waals surface area contributed by atoms with E-state index < -0.39 is 0 Å². The zero-order valence-electron chi connectivity index (χ0n) is 13.9. The topological polar surface area (TPSA) is 9.23 Å². The first-order chi connectivity index (χ1) is 9.81. The van der Waals surface area contributed by atoms with Crippen LogP contribution < -0.4 is 0 Å². The van der Waals surface area contributed by atoms with Crippen molar-refractivity contribution in [1.29, 1.82) is 0 Å². The molecule has 0 N–H and O–H groups in total. The molecule has 0 saturated heterocycles.